The Bertz CT molecular complexity index is 201. The van der Waals surface area contributed by atoms with Crippen molar-refractivity contribution in [3.63, 3.8) is 0 Å². The van der Waals surface area contributed by atoms with Crippen molar-refractivity contribution >= 4 is 0 Å². The van der Waals surface area contributed by atoms with E-state index in [1.54, 1.807) is 14.2 Å². The summed E-state index contributed by atoms with van der Waals surface area (Å²) >= 11 is 0. The van der Waals surface area contributed by atoms with Crippen molar-refractivity contribution in [2.24, 2.45) is 0 Å². The van der Waals surface area contributed by atoms with Crippen LogP contribution in [-0.4, -0.2) is 89.0 Å². The van der Waals surface area contributed by atoms with Gasteiger partial charge in [0.1, 0.15) is 0 Å². The molecule has 0 amide bonds. The van der Waals surface area contributed by atoms with Crippen molar-refractivity contribution in [1.29, 1.82) is 0 Å². The molecule has 108 valence electrons. The first-order chi connectivity index (χ1) is 8.76. The maximum Gasteiger partial charge on any atom is 0.0928 e. The molecule has 1 saturated heterocycles. The molecule has 2 N–H and O–H groups in total. The largest absolute Gasteiger partial charge is 0.390 e. The van der Waals surface area contributed by atoms with Gasteiger partial charge in [0.15, 0.2) is 0 Å². The Morgan fingerprint density at radius 3 is 2.61 bits per heavy atom. The monoisotopic (exact) mass is 262 g/mol. The lowest BCUT2D eigenvalue weighted by molar-refractivity contribution is 0.0107. The Morgan fingerprint density at radius 2 is 2.00 bits per heavy atom. The molecule has 0 aliphatic carbocycles. The summed E-state index contributed by atoms with van der Waals surface area (Å²) in [7, 11) is 3.31. The molecule has 0 aromatic heterocycles. The fraction of sp³-hybridized carbons (Fsp3) is 1.00. The molecule has 1 aliphatic rings. The number of nitrogens with one attached hydrogen (secondary N) is 1. The molecule has 2 unspecified atom stereocenters. The third kappa shape index (κ3) is 6.63. The number of hydrogen-bond donors (Lipinski definition) is 2. The van der Waals surface area contributed by atoms with Crippen LogP contribution in [0, 0.1) is 0 Å². The Kier molecular flexibility index (Phi) is 8.49. The molecule has 2 atom stereocenters. The van der Waals surface area contributed by atoms with Gasteiger partial charge >= 0.3 is 0 Å². The highest BCUT2D eigenvalue weighted by Gasteiger charge is 2.15. The first kappa shape index (κ1) is 15.8. The van der Waals surface area contributed by atoms with Crippen LogP contribution >= 0.6 is 0 Å². The molecule has 0 radical (unpaired) electrons. The lowest BCUT2D eigenvalue weighted by Gasteiger charge is -2.28. The van der Waals surface area contributed by atoms with Crippen molar-refractivity contribution in [3.8, 4) is 0 Å². The maximum absolute atomic E-state index is 9.90. The van der Waals surface area contributed by atoms with Crippen molar-refractivity contribution in [3.05, 3.63) is 0 Å². The standard InChI is InChI=1S/C12H26N2O4/c1-16-10-12(17-2)8-13-7-11(15)9-14-3-5-18-6-4-14/h11-13,15H,3-10H2,1-2H3. The molecule has 0 bridgehead atoms. The number of hydrogen-bond acceptors (Lipinski definition) is 6. The molecule has 18 heavy (non-hydrogen) atoms. The minimum absolute atomic E-state index is 0.0330. The molecular weight excluding hydrogens is 236 g/mol. The highest BCUT2D eigenvalue weighted by atomic mass is 16.5. The molecule has 6 nitrogen and oxygen atoms in total. The molecule has 6 heteroatoms. The highest BCUT2D eigenvalue weighted by Crippen LogP contribution is 1.98. The van der Waals surface area contributed by atoms with Gasteiger partial charge in [0.05, 0.1) is 32.0 Å². The van der Waals surface area contributed by atoms with Gasteiger partial charge in [-0.15, -0.1) is 0 Å². The van der Waals surface area contributed by atoms with Crippen LogP contribution in [0.5, 0.6) is 0 Å². The van der Waals surface area contributed by atoms with E-state index in [-0.39, 0.29) is 12.2 Å². The van der Waals surface area contributed by atoms with E-state index in [0.717, 1.165) is 26.3 Å². The number of rotatable bonds is 9. The molecule has 0 aromatic rings. The van der Waals surface area contributed by atoms with E-state index in [9.17, 15) is 5.11 Å². The minimum Gasteiger partial charge on any atom is -0.390 e. The second-order valence-electron chi connectivity index (χ2n) is 4.54. The third-order valence-corrected chi connectivity index (χ3v) is 3.01. The summed E-state index contributed by atoms with van der Waals surface area (Å²) in [6, 6.07) is 0. The van der Waals surface area contributed by atoms with E-state index >= 15 is 0 Å². The van der Waals surface area contributed by atoms with Crippen LogP contribution in [0.2, 0.25) is 0 Å². The molecule has 1 fully saturated rings. The van der Waals surface area contributed by atoms with Crippen LogP contribution in [0.25, 0.3) is 0 Å². The SMILES string of the molecule is COCC(CNCC(O)CN1CCOCC1)OC. The number of methoxy groups -OCH3 is 2. The van der Waals surface area contributed by atoms with Gasteiger partial charge < -0.3 is 24.6 Å². The number of morpholine rings is 1. The van der Waals surface area contributed by atoms with E-state index in [1.165, 1.54) is 0 Å². The maximum atomic E-state index is 9.90. The average Bonchev–Trinajstić information content (AvgIpc) is 2.39. The highest BCUT2D eigenvalue weighted by molar-refractivity contribution is 4.70. The van der Waals surface area contributed by atoms with Gasteiger partial charge in [0, 0.05) is 46.9 Å². The van der Waals surface area contributed by atoms with Crippen LogP contribution in [0.1, 0.15) is 0 Å². The van der Waals surface area contributed by atoms with Crippen LogP contribution < -0.4 is 5.32 Å². The number of aliphatic hydroxyl groups excluding tert-OH is 1. The van der Waals surface area contributed by atoms with E-state index < -0.39 is 0 Å². The van der Waals surface area contributed by atoms with Crippen molar-refractivity contribution in [2.75, 3.05) is 66.8 Å². The summed E-state index contributed by atoms with van der Waals surface area (Å²) in [5.74, 6) is 0. The molecule has 0 saturated carbocycles. The number of β-amino-alcohol motifs (C(OH)–C–C–N with tert-alkyl or cyclic N) is 1. The number of nitrogens with zero attached hydrogens (tertiary/aromatic N) is 1. The van der Waals surface area contributed by atoms with Gasteiger partial charge in [-0.05, 0) is 0 Å². The van der Waals surface area contributed by atoms with Crippen LogP contribution in [0.3, 0.4) is 0 Å². The fourth-order valence-electron chi connectivity index (χ4n) is 1.95. The van der Waals surface area contributed by atoms with Crippen molar-refractivity contribution < 1.29 is 19.3 Å². The molecular formula is C12H26N2O4. The summed E-state index contributed by atoms with van der Waals surface area (Å²) in [6.45, 7) is 5.84. The lowest BCUT2D eigenvalue weighted by Crippen LogP contribution is -2.45. The zero-order chi connectivity index (χ0) is 13.2. The minimum atomic E-state index is -0.358. The zero-order valence-corrected chi connectivity index (χ0v) is 11.4. The van der Waals surface area contributed by atoms with Crippen LogP contribution in [-0.2, 0) is 14.2 Å². The Hall–Kier alpha value is -0.240. The second kappa shape index (κ2) is 9.66. The predicted molar refractivity (Wildman–Crippen MR) is 68.8 cm³/mol. The summed E-state index contributed by atoms with van der Waals surface area (Å²) in [4.78, 5) is 2.22. The van der Waals surface area contributed by atoms with E-state index in [0.29, 0.717) is 26.2 Å². The van der Waals surface area contributed by atoms with Crippen molar-refractivity contribution in [2.45, 2.75) is 12.2 Å². The molecule has 1 aliphatic heterocycles. The topological polar surface area (TPSA) is 63.2 Å². The Morgan fingerprint density at radius 1 is 1.28 bits per heavy atom. The molecule has 0 spiro atoms. The van der Waals surface area contributed by atoms with Gasteiger partial charge in [-0.3, -0.25) is 4.90 Å². The normalized spacial score (nSPS) is 20.8. The van der Waals surface area contributed by atoms with Gasteiger partial charge in [0.25, 0.3) is 0 Å². The number of aliphatic hydroxyl groups is 1. The third-order valence-electron chi connectivity index (χ3n) is 3.01. The summed E-state index contributed by atoms with van der Waals surface area (Å²) in [5.41, 5.74) is 0. The van der Waals surface area contributed by atoms with Gasteiger partial charge in [-0.1, -0.05) is 0 Å². The fourth-order valence-corrected chi connectivity index (χ4v) is 1.95. The van der Waals surface area contributed by atoms with E-state index in [2.05, 4.69) is 10.2 Å². The van der Waals surface area contributed by atoms with Crippen LogP contribution in [0.15, 0.2) is 0 Å². The second-order valence-corrected chi connectivity index (χ2v) is 4.54. The Labute approximate surface area is 109 Å². The van der Waals surface area contributed by atoms with Crippen molar-refractivity contribution in [1.82, 2.24) is 10.2 Å². The first-order valence-electron chi connectivity index (χ1n) is 6.47. The quantitative estimate of drug-likeness (QED) is 0.552. The summed E-state index contributed by atoms with van der Waals surface area (Å²) in [6.07, 6.45) is -0.325. The summed E-state index contributed by atoms with van der Waals surface area (Å²) in [5, 5.41) is 13.1. The molecule has 0 aromatic carbocycles. The predicted octanol–water partition coefficient (Wildman–Crippen LogP) is -1.07. The smallest absolute Gasteiger partial charge is 0.0928 e. The molecule has 1 rings (SSSR count). The first-order valence-corrected chi connectivity index (χ1v) is 6.47. The summed E-state index contributed by atoms with van der Waals surface area (Å²) < 4.78 is 15.5. The van der Waals surface area contributed by atoms with Gasteiger partial charge in [0.2, 0.25) is 0 Å². The lowest BCUT2D eigenvalue weighted by atomic mass is 10.3. The zero-order valence-electron chi connectivity index (χ0n) is 11.4. The molecule has 1 heterocycles. The Balaban J connectivity index is 2.06. The van der Waals surface area contributed by atoms with Gasteiger partial charge in [-0.25, -0.2) is 0 Å². The number of ether oxygens (including phenoxy) is 3. The van der Waals surface area contributed by atoms with E-state index in [4.69, 9.17) is 14.2 Å². The average molecular weight is 262 g/mol. The van der Waals surface area contributed by atoms with Gasteiger partial charge in [-0.2, -0.15) is 0 Å². The van der Waals surface area contributed by atoms with E-state index in [1.807, 2.05) is 0 Å². The van der Waals surface area contributed by atoms with Crippen LogP contribution in [0.4, 0.5) is 0 Å².